The first-order valence-electron chi connectivity index (χ1n) is 8.61. The summed E-state index contributed by atoms with van der Waals surface area (Å²) in [5.74, 6) is 0.567. The number of rotatable bonds is 8. The van der Waals surface area contributed by atoms with Crippen LogP contribution in [0.3, 0.4) is 0 Å². The Morgan fingerprint density at radius 2 is 2.00 bits per heavy atom. The molecule has 0 bridgehead atoms. The summed E-state index contributed by atoms with van der Waals surface area (Å²) in [5, 5.41) is 3.48. The monoisotopic (exact) mass is 305 g/mol. The van der Waals surface area contributed by atoms with Gasteiger partial charge in [0.1, 0.15) is 0 Å². The standard InChI is InChI=1S/C18H31N3O/c1-15(2)18-14-21(12-13-22-18)17-8-6-16(7-9-17)20-11-5-3-4-10-19/h6-9,15,18,20H,3-5,10-14,19H2,1-2H3. The van der Waals surface area contributed by atoms with Crippen molar-refractivity contribution >= 4 is 11.4 Å². The van der Waals surface area contributed by atoms with Crippen molar-refractivity contribution in [3.8, 4) is 0 Å². The summed E-state index contributed by atoms with van der Waals surface area (Å²) in [4.78, 5) is 2.43. The third-order valence-electron chi connectivity index (χ3n) is 4.28. The molecule has 2 rings (SSSR count). The number of nitrogens with two attached hydrogens (primary N) is 1. The van der Waals surface area contributed by atoms with Gasteiger partial charge in [0.15, 0.2) is 0 Å². The maximum Gasteiger partial charge on any atom is 0.0773 e. The van der Waals surface area contributed by atoms with E-state index in [0.717, 1.165) is 39.2 Å². The molecule has 22 heavy (non-hydrogen) atoms. The molecular weight excluding hydrogens is 274 g/mol. The minimum absolute atomic E-state index is 0.342. The second-order valence-electron chi connectivity index (χ2n) is 6.42. The number of morpholine rings is 1. The average molecular weight is 305 g/mol. The zero-order valence-electron chi connectivity index (χ0n) is 14.1. The van der Waals surface area contributed by atoms with Gasteiger partial charge in [0.25, 0.3) is 0 Å². The molecule has 4 nitrogen and oxygen atoms in total. The fraction of sp³-hybridized carbons (Fsp3) is 0.667. The van der Waals surface area contributed by atoms with E-state index in [1.165, 1.54) is 24.2 Å². The Morgan fingerprint density at radius 3 is 2.68 bits per heavy atom. The molecule has 1 atom stereocenters. The van der Waals surface area contributed by atoms with Crippen LogP contribution in [-0.2, 0) is 4.74 Å². The van der Waals surface area contributed by atoms with Crippen molar-refractivity contribution in [1.82, 2.24) is 0 Å². The Hall–Kier alpha value is -1.26. The fourth-order valence-electron chi connectivity index (χ4n) is 2.78. The summed E-state index contributed by atoms with van der Waals surface area (Å²) < 4.78 is 5.84. The minimum Gasteiger partial charge on any atom is -0.385 e. The number of benzene rings is 1. The van der Waals surface area contributed by atoms with Crippen LogP contribution in [-0.4, -0.2) is 38.9 Å². The maximum atomic E-state index is 5.84. The van der Waals surface area contributed by atoms with Crippen molar-refractivity contribution in [3.63, 3.8) is 0 Å². The van der Waals surface area contributed by atoms with Gasteiger partial charge in [-0.2, -0.15) is 0 Å². The van der Waals surface area contributed by atoms with Crippen LogP contribution in [0.2, 0.25) is 0 Å². The van der Waals surface area contributed by atoms with E-state index in [9.17, 15) is 0 Å². The fourth-order valence-corrected chi connectivity index (χ4v) is 2.78. The summed E-state index contributed by atoms with van der Waals surface area (Å²) >= 11 is 0. The van der Waals surface area contributed by atoms with Crippen molar-refractivity contribution in [2.24, 2.45) is 11.7 Å². The smallest absolute Gasteiger partial charge is 0.0773 e. The molecule has 1 saturated heterocycles. The lowest BCUT2D eigenvalue weighted by atomic mass is 10.1. The summed E-state index contributed by atoms with van der Waals surface area (Å²) in [6.45, 7) is 9.07. The van der Waals surface area contributed by atoms with Gasteiger partial charge in [0.05, 0.1) is 12.7 Å². The van der Waals surface area contributed by atoms with Crippen LogP contribution in [0.25, 0.3) is 0 Å². The van der Waals surface area contributed by atoms with Crippen molar-refractivity contribution in [2.75, 3.05) is 43.0 Å². The molecule has 0 aromatic heterocycles. The summed E-state index contributed by atoms with van der Waals surface area (Å²) in [5.41, 5.74) is 8.00. The molecule has 0 radical (unpaired) electrons. The van der Waals surface area contributed by atoms with Gasteiger partial charge < -0.3 is 20.7 Å². The first-order valence-corrected chi connectivity index (χ1v) is 8.61. The third kappa shape index (κ3) is 5.18. The number of unbranched alkanes of at least 4 members (excludes halogenated alkanes) is 2. The van der Waals surface area contributed by atoms with Crippen molar-refractivity contribution in [3.05, 3.63) is 24.3 Å². The molecule has 1 aliphatic heterocycles. The first-order chi connectivity index (χ1) is 10.7. The predicted molar refractivity (Wildman–Crippen MR) is 94.6 cm³/mol. The van der Waals surface area contributed by atoms with E-state index in [2.05, 4.69) is 48.3 Å². The zero-order chi connectivity index (χ0) is 15.8. The summed E-state index contributed by atoms with van der Waals surface area (Å²) in [6, 6.07) is 8.78. The molecule has 0 aliphatic carbocycles. The van der Waals surface area contributed by atoms with E-state index in [-0.39, 0.29) is 0 Å². The Kier molecular flexibility index (Phi) is 7.00. The summed E-state index contributed by atoms with van der Waals surface area (Å²) in [6.07, 6.45) is 3.84. The van der Waals surface area contributed by atoms with Gasteiger partial charge >= 0.3 is 0 Å². The van der Waals surface area contributed by atoms with Crippen LogP contribution >= 0.6 is 0 Å². The molecule has 4 heteroatoms. The maximum absolute atomic E-state index is 5.84. The largest absolute Gasteiger partial charge is 0.385 e. The number of hydrogen-bond donors (Lipinski definition) is 2. The van der Waals surface area contributed by atoms with Crippen LogP contribution in [0.5, 0.6) is 0 Å². The molecule has 3 N–H and O–H groups in total. The molecule has 124 valence electrons. The number of nitrogens with zero attached hydrogens (tertiary/aromatic N) is 1. The van der Waals surface area contributed by atoms with Gasteiger partial charge in [-0.05, 0) is 49.6 Å². The first kappa shape index (κ1) is 17.1. The number of ether oxygens (including phenoxy) is 1. The molecule has 0 spiro atoms. The zero-order valence-corrected chi connectivity index (χ0v) is 14.1. The highest BCUT2D eigenvalue weighted by Crippen LogP contribution is 2.22. The molecule has 1 heterocycles. The molecule has 1 aromatic carbocycles. The van der Waals surface area contributed by atoms with Gasteiger partial charge in [-0.3, -0.25) is 0 Å². The molecule has 1 fully saturated rings. The average Bonchev–Trinajstić information content (AvgIpc) is 2.55. The normalized spacial score (nSPS) is 18.7. The Labute approximate surface area is 135 Å². The molecule has 1 aromatic rings. The number of nitrogens with one attached hydrogen (secondary N) is 1. The van der Waals surface area contributed by atoms with Gasteiger partial charge in [0, 0.05) is 31.0 Å². The minimum atomic E-state index is 0.342. The Balaban J connectivity index is 1.81. The topological polar surface area (TPSA) is 50.5 Å². The van der Waals surface area contributed by atoms with Gasteiger partial charge in [-0.25, -0.2) is 0 Å². The Bertz CT molecular complexity index is 419. The molecule has 0 amide bonds. The second-order valence-corrected chi connectivity index (χ2v) is 6.42. The second kappa shape index (κ2) is 9.01. The molecule has 1 aliphatic rings. The van der Waals surface area contributed by atoms with E-state index < -0.39 is 0 Å². The summed E-state index contributed by atoms with van der Waals surface area (Å²) in [7, 11) is 0. The molecular formula is C18H31N3O. The van der Waals surface area contributed by atoms with Crippen molar-refractivity contribution < 1.29 is 4.74 Å². The van der Waals surface area contributed by atoms with Crippen LogP contribution < -0.4 is 16.0 Å². The van der Waals surface area contributed by atoms with Gasteiger partial charge in [0.2, 0.25) is 0 Å². The third-order valence-corrected chi connectivity index (χ3v) is 4.28. The predicted octanol–water partition coefficient (Wildman–Crippen LogP) is 3.09. The molecule has 0 saturated carbocycles. The van der Waals surface area contributed by atoms with Gasteiger partial charge in [-0.1, -0.05) is 20.3 Å². The van der Waals surface area contributed by atoms with Gasteiger partial charge in [-0.15, -0.1) is 0 Å². The number of hydrogen-bond acceptors (Lipinski definition) is 4. The van der Waals surface area contributed by atoms with Crippen LogP contribution in [0.1, 0.15) is 33.1 Å². The Morgan fingerprint density at radius 1 is 1.23 bits per heavy atom. The van der Waals surface area contributed by atoms with E-state index in [1.807, 2.05) is 0 Å². The van der Waals surface area contributed by atoms with Crippen LogP contribution in [0, 0.1) is 5.92 Å². The van der Waals surface area contributed by atoms with E-state index in [1.54, 1.807) is 0 Å². The quantitative estimate of drug-likeness (QED) is 0.725. The van der Waals surface area contributed by atoms with Crippen molar-refractivity contribution in [2.45, 2.75) is 39.2 Å². The number of anilines is 2. The van der Waals surface area contributed by atoms with Crippen LogP contribution in [0.4, 0.5) is 11.4 Å². The van der Waals surface area contributed by atoms with Crippen molar-refractivity contribution in [1.29, 1.82) is 0 Å². The lowest BCUT2D eigenvalue weighted by molar-refractivity contribution is 0.0114. The lowest BCUT2D eigenvalue weighted by Gasteiger charge is -2.36. The highest BCUT2D eigenvalue weighted by Gasteiger charge is 2.23. The van der Waals surface area contributed by atoms with E-state index >= 15 is 0 Å². The van der Waals surface area contributed by atoms with Crippen LogP contribution in [0.15, 0.2) is 24.3 Å². The highest BCUT2D eigenvalue weighted by molar-refractivity contribution is 5.55. The SMILES string of the molecule is CC(C)C1CN(c2ccc(NCCCCCN)cc2)CCO1. The van der Waals surface area contributed by atoms with E-state index in [4.69, 9.17) is 10.5 Å². The molecule has 1 unspecified atom stereocenters. The lowest BCUT2D eigenvalue weighted by Crippen LogP contribution is -2.44. The van der Waals surface area contributed by atoms with E-state index in [0.29, 0.717) is 12.0 Å². The highest BCUT2D eigenvalue weighted by atomic mass is 16.5.